The van der Waals surface area contributed by atoms with Crippen LogP contribution in [0.2, 0.25) is 0 Å². The van der Waals surface area contributed by atoms with Crippen molar-refractivity contribution in [1.82, 2.24) is 29.7 Å². The van der Waals surface area contributed by atoms with Crippen LogP contribution >= 0.6 is 0 Å². The zero-order chi connectivity index (χ0) is 17.6. The molecule has 25 heavy (non-hydrogen) atoms. The van der Waals surface area contributed by atoms with E-state index in [1.165, 1.54) is 0 Å². The molecule has 0 radical (unpaired) electrons. The summed E-state index contributed by atoms with van der Waals surface area (Å²) < 4.78 is 1.86. The summed E-state index contributed by atoms with van der Waals surface area (Å²) in [6, 6.07) is 3.90. The third-order valence-corrected chi connectivity index (χ3v) is 4.37. The zero-order valence-electron chi connectivity index (χ0n) is 14.6. The van der Waals surface area contributed by atoms with E-state index in [0.29, 0.717) is 17.4 Å². The van der Waals surface area contributed by atoms with Crippen LogP contribution in [0.25, 0.3) is 17.2 Å². The number of rotatable bonds is 4. The molecule has 1 aliphatic carbocycles. The van der Waals surface area contributed by atoms with E-state index in [1.807, 2.05) is 29.9 Å². The molecular formula is C18H21N7. The highest BCUT2D eigenvalue weighted by Gasteiger charge is 2.30. The zero-order valence-corrected chi connectivity index (χ0v) is 14.6. The van der Waals surface area contributed by atoms with Gasteiger partial charge in [-0.3, -0.25) is 4.98 Å². The van der Waals surface area contributed by atoms with Crippen molar-refractivity contribution in [3.05, 3.63) is 41.6 Å². The third-order valence-electron chi connectivity index (χ3n) is 4.37. The fourth-order valence-electron chi connectivity index (χ4n) is 2.78. The topological polar surface area (TPSA) is 95.4 Å². The Kier molecular flexibility index (Phi) is 3.71. The van der Waals surface area contributed by atoms with E-state index in [4.69, 9.17) is 15.8 Å². The molecule has 1 saturated carbocycles. The smallest absolute Gasteiger partial charge is 0.220 e. The maximum atomic E-state index is 5.94. The van der Waals surface area contributed by atoms with Gasteiger partial charge in [-0.1, -0.05) is 13.8 Å². The van der Waals surface area contributed by atoms with Crippen LogP contribution in [-0.2, 0) is 0 Å². The minimum atomic E-state index is 0.256. The molecular weight excluding hydrogens is 314 g/mol. The lowest BCUT2D eigenvalue weighted by molar-refractivity contribution is 0.812. The lowest BCUT2D eigenvalue weighted by Gasteiger charge is -2.10. The average molecular weight is 335 g/mol. The number of hydrogen-bond acceptors (Lipinski definition) is 6. The Morgan fingerprint density at radius 3 is 2.68 bits per heavy atom. The van der Waals surface area contributed by atoms with Gasteiger partial charge in [0, 0.05) is 24.0 Å². The molecule has 0 amide bonds. The summed E-state index contributed by atoms with van der Waals surface area (Å²) in [5.74, 6) is 2.54. The molecule has 0 unspecified atom stereocenters. The highest BCUT2D eigenvalue weighted by Crippen LogP contribution is 2.39. The van der Waals surface area contributed by atoms with Crippen molar-refractivity contribution in [2.45, 2.75) is 45.4 Å². The predicted molar refractivity (Wildman–Crippen MR) is 95.4 cm³/mol. The first-order valence-corrected chi connectivity index (χ1v) is 8.55. The van der Waals surface area contributed by atoms with Gasteiger partial charge in [0.05, 0.1) is 5.69 Å². The fraction of sp³-hybridized carbons (Fsp3) is 0.389. The summed E-state index contributed by atoms with van der Waals surface area (Å²) in [5, 5.41) is 4.76. The Bertz CT molecular complexity index is 925. The van der Waals surface area contributed by atoms with E-state index >= 15 is 0 Å². The van der Waals surface area contributed by atoms with Gasteiger partial charge in [0.25, 0.3) is 0 Å². The standard InChI is InChI=1S/C18H21N7/c1-10(2)13-8-14(22-18(19)21-13)17-23-16(12-4-5-12)24-25(17)15-6-7-20-9-11(15)3/h6-10,12H,4-5H2,1-3H3,(H2,19,21,22). The second-order valence-corrected chi connectivity index (χ2v) is 6.83. The van der Waals surface area contributed by atoms with Gasteiger partial charge in [0.1, 0.15) is 5.69 Å². The Labute approximate surface area is 146 Å². The van der Waals surface area contributed by atoms with E-state index in [0.717, 1.165) is 35.6 Å². The monoisotopic (exact) mass is 335 g/mol. The Hall–Kier alpha value is -2.83. The summed E-state index contributed by atoms with van der Waals surface area (Å²) in [7, 11) is 0. The number of aryl methyl sites for hydroxylation is 1. The maximum Gasteiger partial charge on any atom is 0.220 e. The van der Waals surface area contributed by atoms with Gasteiger partial charge in [0.2, 0.25) is 5.95 Å². The molecule has 0 saturated heterocycles. The van der Waals surface area contributed by atoms with Gasteiger partial charge in [-0.2, -0.15) is 5.10 Å². The van der Waals surface area contributed by atoms with Crippen molar-refractivity contribution < 1.29 is 0 Å². The molecule has 7 heteroatoms. The number of nitrogen functional groups attached to an aromatic ring is 1. The molecule has 3 aromatic heterocycles. The van der Waals surface area contributed by atoms with Crippen LogP contribution in [0.5, 0.6) is 0 Å². The average Bonchev–Trinajstić information content (AvgIpc) is 3.34. The number of nitrogens with zero attached hydrogens (tertiary/aromatic N) is 6. The van der Waals surface area contributed by atoms with Crippen LogP contribution in [0.3, 0.4) is 0 Å². The molecule has 2 N–H and O–H groups in total. The van der Waals surface area contributed by atoms with Crippen molar-refractivity contribution in [3.63, 3.8) is 0 Å². The molecule has 0 spiro atoms. The molecule has 1 aliphatic rings. The number of anilines is 1. The second-order valence-electron chi connectivity index (χ2n) is 6.83. The van der Waals surface area contributed by atoms with Gasteiger partial charge in [0.15, 0.2) is 11.6 Å². The van der Waals surface area contributed by atoms with Crippen LogP contribution in [0.4, 0.5) is 5.95 Å². The molecule has 3 aromatic rings. The number of hydrogen-bond donors (Lipinski definition) is 1. The van der Waals surface area contributed by atoms with Crippen LogP contribution < -0.4 is 5.73 Å². The van der Waals surface area contributed by atoms with Crippen molar-refractivity contribution in [1.29, 1.82) is 0 Å². The van der Waals surface area contributed by atoms with Crippen molar-refractivity contribution in [3.8, 4) is 17.2 Å². The summed E-state index contributed by atoms with van der Waals surface area (Å²) in [5.41, 5.74) is 9.52. The summed E-state index contributed by atoms with van der Waals surface area (Å²) in [6.07, 6.45) is 5.87. The largest absolute Gasteiger partial charge is 0.368 e. The highest BCUT2D eigenvalue weighted by molar-refractivity contribution is 5.56. The van der Waals surface area contributed by atoms with Crippen molar-refractivity contribution in [2.75, 3.05) is 5.73 Å². The molecule has 4 rings (SSSR count). The van der Waals surface area contributed by atoms with Crippen molar-refractivity contribution >= 4 is 5.95 Å². The Balaban J connectivity index is 1.91. The minimum Gasteiger partial charge on any atom is -0.368 e. The molecule has 3 heterocycles. The molecule has 0 bridgehead atoms. The van der Waals surface area contributed by atoms with Gasteiger partial charge < -0.3 is 5.73 Å². The number of pyridine rings is 1. The lowest BCUT2D eigenvalue weighted by atomic mass is 10.1. The first kappa shape index (κ1) is 15.7. The normalized spacial score (nSPS) is 14.2. The minimum absolute atomic E-state index is 0.256. The Morgan fingerprint density at radius 1 is 1.20 bits per heavy atom. The number of aromatic nitrogens is 6. The van der Waals surface area contributed by atoms with Gasteiger partial charge in [-0.15, -0.1) is 0 Å². The summed E-state index contributed by atoms with van der Waals surface area (Å²) in [4.78, 5) is 17.7. The first-order valence-electron chi connectivity index (χ1n) is 8.55. The summed E-state index contributed by atoms with van der Waals surface area (Å²) in [6.45, 7) is 6.18. The molecule has 0 atom stereocenters. The molecule has 1 fully saturated rings. The van der Waals surface area contributed by atoms with Crippen LogP contribution in [0.1, 0.15) is 55.6 Å². The molecule has 7 nitrogen and oxygen atoms in total. The lowest BCUT2D eigenvalue weighted by Crippen LogP contribution is -2.07. The van der Waals surface area contributed by atoms with Gasteiger partial charge in [-0.25, -0.2) is 19.6 Å². The molecule has 0 aromatic carbocycles. The second kappa shape index (κ2) is 5.91. The first-order chi connectivity index (χ1) is 12.0. The van der Waals surface area contributed by atoms with E-state index in [9.17, 15) is 0 Å². The van der Waals surface area contributed by atoms with E-state index in [-0.39, 0.29) is 11.9 Å². The van der Waals surface area contributed by atoms with Gasteiger partial charge in [-0.05, 0) is 43.4 Å². The highest BCUT2D eigenvalue weighted by atomic mass is 15.4. The van der Waals surface area contributed by atoms with Crippen molar-refractivity contribution in [2.24, 2.45) is 0 Å². The summed E-state index contributed by atoms with van der Waals surface area (Å²) >= 11 is 0. The van der Waals surface area contributed by atoms with Gasteiger partial charge >= 0.3 is 0 Å². The van der Waals surface area contributed by atoms with Crippen LogP contribution in [0.15, 0.2) is 24.5 Å². The van der Waals surface area contributed by atoms with Crippen LogP contribution in [0, 0.1) is 6.92 Å². The fourth-order valence-corrected chi connectivity index (χ4v) is 2.78. The SMILES string of the molecule is Cc1cnccc1-n1nc(C2CC2)nc1-c1cc(C(C)C)nc(N)n1. The molecule has 128 valence electrons. The number of nitrogens with two attached hydrogens (primary N) is 1. The maximum absolute atomic E-state index is 5.94. The van der Waals surface area contributed by atoms with E-state index in [2.05, 4.69) is 28.8 Å². The van der Waals surface area contributed by atoms with Crippen LogP contribution in [-0.4, -0.2) is 29.7 Å². The Morgan fingerprint density at radius 2 is 2.00 bits per heavy atom. The van der Waals surface area contributed by atoms with E-state index < -0.39 is 0 Å². The molecule has 0 aliphatic heterocycles. The third kappa shape index (κ3) is 2.97. The van der Waals surface area contributed by atoms with E-state index in [1.54, 1.807) is 6.20 Å². The predicted octanol–water partition coefficient (Wildman–Crippen LogP) is 3.01. The quantitative estimate of drug-likeness (QED) is 0.787.